The van der Waals surface area contributed by atoms with Crippen LogP contribution in [0.5, 0.6) is 0 Å². The van der Waals surface area contributed by atoms with Gasteiger partial charge in [0, 0.05) is 5.92 Å². The van der Waals surface area contributed by atoms with E-state index < -0.39 is 0 Å². The summed E-state index contributed by atoms with van der Waals surface area (Å²) in [6.07, 6.45) is 5.88. The van der Waals surface area contributed by atoms with Gasteiger partial charge in [-0.3, -0.25) is 0 Å². The van der Waals surface area contributed by atoms with Gasteiger partial charge in [-0.1, -0.05) is 39.3 Å². The van der Waals surface area contributed by atoms with Crippen LogP contribution in [0, 0.1) is 14.9 Å². The van der Waals surface area contributed by atoms with E-state index in [0.29, 0.717) is 16.5 Å². The van der Waals surface area contributed by atoms with Crippen molar-refractivity contribution in [2.75, 3.05) is 0 Å². The fourth-order valence-corrected chi connectivity index (χ4v) is 3.93. The summed E-state index contributed by atoms with van der Waals surface area (Å²) in [5.41, 5.74) is 1.52. The van der Waals surface area contributed by atoms with Crippen molar-refractivity contribution in [1.82, 2.24) is 9.97 Å². The molecule has 0 amide bonds. The highest BCUT2D eigenvalue weighted by molar-refractivity contribution is 14.1. The van der Waals surface area contributed by atoms with Crippen LogP contribution in [0.25, 0.3) is 0 Å². The molecule has 1 aliphatic carbocycles. The van der Waals surface area contributed by atoms with Crippen molar-refractivity contribution in [3.63, 3.8) is 0 Å². The first-order chi connectivity index (χ1) is 9.32. The number of hydrogen-bond donors (Lipinski definition) is 0. The number of aryl methyl sites for hydroxylation is 1. The summed E-state index contributed by atoms with van der Waals surface area (Å²) >= 11 is 8.51. The molecule has 20 heavy (non-hydrogen) atoms. The summed E-state index contributed by atoms with van der Waals surface area (Å²) in [5, 5.41) is 0.630. The van der Waals surface area contributed by atoms with Gasteiger partial charge in [-0.25, -0.2) is 9.97 Å². The Bertz CT molecular complexity index is 474. The minimum atomic E-state index is 0.421. The molecule has 0 aromatic carbocycles. The van der Waals surface area contributed by atoms with Crippen molar-refractivity contribution in [2.45, 2.75) is 65.7 Å². The predicted molar refractivity (Wildman–Crippen MR) is 93.3 cm³/mol. The lowest BCUT2D eigenvalue weighted by Gasteiger charge is -2.36. The van der Waals surface area contributed by atoms with Gasteiger partial charge in [0.15, 0.2) is 0 Å². The summed E-state index contributed by atoms with van der Waals surface area (Å²) in [6.45, 7) is 9.18. The van der Waals surface area contributed by atoms with E-state index in [1.54, 1.807) is 0 Å². The molecule has 0 saturated heterocycles. The van der Waals surface area contributed by atoms with E-state index in [-0.39, 0.29) is 0 Å². The molecule has 1 aromatic heterocycles. The highest BCUT2D eigenvalue weighted by Crippen LogP contribution is 2.42. The largest absolute Gasteiger partial charge is 0.236 e. The Morgan fingerprint density at radius 2 is 1.75 bits per heavy atom. The van der Waals surface area contributed by atoms with Gasteiger partial charge in [-0.15, -0.1) is 0 Å². The Kier molecular flexibility index (Phi) is 5.33. The molecule has 1 fully saturated rings. The van der Waals surface area contributed by atoms with Crippen LogP contribution in [0.15, 0.2) is 0 Å². The van der Waals surface area contributed by atoms with Crippen LogP contribution in [-0.2, 0) is 6.42 Å². The second-order valence-electron chi connectivity index (χ2n) is 6.90. The molecule has 1 aromatic rings. The molecule has 0 unspecified atom stereocenters. The first kappa shape index (κ1) is 16.5. The molecular formula is C16H24ClIN2. The van der Waals surface area contributed by atoms with Crippen molar-refractivity contribution in [1.29, 1.82) is 0 Å². The molecule has 1 saturated carbocycles. The van der Waals surface area contributed by atoms with E-state index in [1.165, 1.54) is 25.7 Å². The van der Waals surface area contributed by atoms with Gasteiger partial charge >= 0.3 is 0 Å². The molecule has 2 nitrogen and oxygen atoms in total. The lowest BCUT2D eigenvalue weighted by Crippen LogP contribution is -2.26. The number of aromatic nitrogens is 2. The summed E-state index contributed by atoms with van der Waals surface area (Å²) < 4.78 is 1.01. The normalized spacial score (nSPS) is 23.9. The molecule has 0 bridgehead atoms. The quantitative estimate of drug-likeness (QED) is 0.471. The Morgan fingerprint density at radius 1 is 1.15 bits per heavy atom. The van der Waals surface area contributed by atoms with E-state index in [4.69, 9.17) is 16.6 Å². The topological polar surface area (TPSA) is 25.8 Å². The molecule has 0 radical (unpaired) electrons. The number of nitrogens with zero attached hydrogens (tertiary/aromatic N) is 2. The molecule has 0 N–H and O–H groups in total. The molecule has 112 valence electrons. The molecular weight excluding hydrogens is 383 g/mol. The summed E-state index contributed by atoms with van der Waals surface area (Å²) in [4.78, 5) is 9.30. The highest BCUT2D eigenvalue weighted by atomic mass is 127. The van der Waals surface area contributed by atoms with Gasteiger partial charge in [0.1, 0.15) is 11.0 Å². The third-order valence-electron chi connectivity index (χ3n) is 4.55. The minimum Gasteiger partial charge on any atom is -0.236 e. The Morgan fingerprint density at radius 3 is 2.25 bits per heavy atom. The summed E-state index contributed by atoms with van der Waals surface area (Å²) in [7, 11) is 0. The van der Waals surface area contributed by atoms with Crippen LogP contribution in [0.1, 0.15) is 70.8 Å². The van der Waals surface area contributed by atoms with Crippen molar-refractivity contribution in [3.8, 4) is 0 Å². The van der Waals surface area contributed by atoms with Crippen LogP contribution in [-0.4, -0.2) is 9.97 Å². The zero-order chi connectivity index (χ0) is 14.9. The molecule has 4 heteroatoms. The van der Waals surface area contributed by atoms with Crippen molar-refractivity contribution in [2.24, 2.45) is 11.3 Å². The summed E-state index contributed by atoms with van der Waals surface area (Å²) in [6, 6.07) is 0. The van der Waals surface area contributed by atoms with Gasteiger partial charge in [0.25, 0.3) is 0 Å². The van der Waals surface area contributed by atoms with Crippen LogP contribution in [0.4, 0.5) is 0 Å². The van der Waals surface area contributed by atoms with Gasteiger partial charge in [-0.05, 0) is 66.0 Å². The maximum Gasteiger partial charge on any atom is 0.146 e. The molecule has 2 rings (SSSR count). The van der Waals surface area contributed by atoms with E-state index in [9.17, 15) is 0 Å². The fourth-order valence-electron chi connectivity index (χ4n) is 3.12. The average molecular weight is 407 g/mol. The van der Waals surface area contributed by atoms with E-state index in [0.717, 1.165) is 27.4 Å². The zero-order valence-corrected chi connectivity index (χ0v) is 15.8. The maximum absolute atomic E-state index is 6.26. The molecule has 0 aliphatic heterocycles. The van der Waals surface area contributed by atoms with Crippen LogP contribution >= 0.6 is 34.2 Å². The maximum atomic E-state index is 6.26. The second kappa shape index (κ2) is 6.47. The average Bonchev–Trinajstić information content (AvgIpc) is 2.41. The Labute approximate surface area is 141 Å². The molecule has 1 aliphatic rings. The van der Waals surface area contributed by atoms with Gasteiger partial charge < -0.3 is 0 Å². The van der Waals surface area contributed by atoms with E-state index >= 15 is 0 Å². The van der Waals surface area contributed by atoms with Gasteiger partial charge in [-0.2, -0.15) is 0 Å². The zero-order valence-electron chi connectivity index (χ0n) is 12.8. The SMILES string of the molecule is CCc1nc(C2CCC(C(C)(C)C)CC2)nc(Cl)c1I. The third kappa shape index (κ3) is 3.65. The monoisotopic (exact) mass is 406 g/mol. The Balaban J connectivity index is 2.13. The second-order valence-corrected chi connectivity index (χ2v) is 8.34. The summed E-state index contributed by atoms with van der Waals surface area (Å²) in [5.74, 6) is 2.29. The highest BCUT2D eigenvalue weighted by Gasteiger charge is 2.31. The lowest BCUT2D eigenvalue weighted by molar-refractivity contribution is 0.167. The van der Waals surface area contributed by atoms with Crippen LogP contribution in [0.3, 0.4) is 0 Å². The first-order valence-corrected chi connectivity index (χ1v) is 9.00. The third-order valence-corrected chi connectivity index (χ3v) is 6.27. The standard InChI is InChI=1S/C16H24ClIN2/c1-5-12-13(18)14(17)20-15(19-12)10-6-8-11(9-7-10)16(2,3)4/h10-11H,5-9H2,1-4H3. The molecule has 0 atom stereocenters. The van der Waals surface area contributed by atoms with Gasteiger partial charge in [0.05, 0.1) is 9.26 Å². The van der Waals surface area contributed by atoms with E-state index in [2.05, 4.69) is 55.3 Å². The van der Waals surface area contributed by atoms with Crippen LogP contribution < -0.4 is 0 Å². The number of halogens is 2. The van der Waals surface area contributed by atoms with Crippen molar-refractivity contribution < 1.29 is 0 Å². The van der Waals surface area contributed by atoms with Crippen LogP contribution in [0.2, 0.25) is 5.15 Å². The predicted octanol–water partition coefficient (Wildman–Crippen LogP) is 5.62. The van der Waals surface area contributed by atoms with Gasteiger partial charge in [0.2, 0.25) is 0 Å². The van der Waals surface area contributed by atoms with Crippen molar-refractivity contribution >= 4 is 34.2 Å². The Hall–Kier alpha value is 0.100. The smallest absolute Gasteiger partial charge is 0.146 e. The molecule has 0 spiro atoms. The lowest BCUT2D eigenvalue weighted by atomic mass is 9.69. The number of hydrogen-bond acceptors (Lipinski definition) is 2. The first-order valence-electron chi connectivity index (χ1n) is 7.54. The van der Waals surface area contributed by atoms with E-state index in [1.807, 2.05) is 0 Å². The fraction of sp³-hybridized carbons (Fsp3) is 0.750. The van der Waals surface area contributed by atoms with Crippen molar-refractivity contribution in [3.05, 3.63) is 20.2 Å². The minimum absolute atomic E-state index is 0.421. The molecule has 1 heterocycles. The number of rotatable bonds is 2.